The molecule has 0 saturated carbocycles. The van der Waals surface area contributed by atoms with Crippen LogP contribution in [0, 0.1) is 18.3 Å². The SMILES string of the molecule is C#Cc1ccc(OC)c(OCC2CCN(C(=O)OC(C)(C)C)CC2)c1Br. The second-order valence-electron chi connectivity index (χ2n) is 7.32. The molecule has 1 fully saturated rings. The summed E-state index contributed by atoms with van der Waals surface area (Å²) in [6, 6.07) is 3.62. The molecule has 1 aliphatic rings. The fourth-order valence-corrected chi connectivity index (χ4v) is 3.31. The minimum Gasteiger partial charge on any atom is -0.493 e. The minimum atomic E-state index is -0.470. The number of hydrogen-bond donors (Lipinski definition) is 0. The van der Waals surface area contributed by atoms with Crippen molar-refractivity contribution in [1.82, 2.24) is 4.90 Å². The fraction of sp³-hybridized carbons (Fsp3) is 0.550. The van der Waals surface area contributed by atoms with E-state index in [1.54, 1.807) is 18.1 Å². The molecular weight excluding hydrogens is 398 g/mol. The first kappa shape index (κ1) is 20.4. The summed E-state index contributed by atoms with van der Waals surface area (Å²) >= 11 is 3.50. The fourth-order valence-electron chi connectivity index (χ4n) is 2.75. The molecule has 0 unspecified atom stereocenters. The number of nitrogens with zero attached hydrogens (tertiary/aromatic N) is 1. The van der Waals surface area contributed by atoms with Crippen LogP contribution in [0.5, 0.6) is 11.5 Å². The maximum Gasteiger partial charge on any atom is 0.410 e. The predicted octanol–water partition coefficient (Wildman–Crippen LogP) is 4.46. The van der Waals surface area contributed by atoms with E-state index in [4.69, 9.17) is 20.6 Å². The molecule has 1 aliphatic heterocycles. The van der Waals surface area contributed by atoms with Crippen LogP contribution < -0.4 is 9.47 Å². The molecule has 0 aliphatic carbocycles. The second-order valence-corrected chi connectivity index (χ2v) is 8.12. The highest BCUT2D eigenvalue weighted by Gasteiger charge is 2.27. The molecule has 5 nitrogen and oxygen atoms in total. The van der Waals surface area contributed by atoms with Crippen LogP contribution in [0.25, 0.3) is 0 Å². The van der Waals surface area contributed by atoms with E-state index in [1.165, 1.54) is 0 Å². The van der Waals surface area contributed by atoms with Crippen molar-refractivity contribution in [2.75, 3.05) is 26.8 Å². The summed E-state index contributed by atoms with van der Waals surface area (Å²) in [5.74, 6) is 4.25. The second kappa shape index (κ2) is 8.68. The van der Waals surface area contributed by atoms with E-state index in [-0.39, 0.29) is 6.09 Å². The van der Waals surface area contributed by atoms with Gasteiger partial charge in [-0.25, -0.2) is 4.79 Å². The molecule has 0 radical (unpaired) electrons. The lowest BCUT2D eigenvalue weighted by molar-refractivity contribution is 0.0164. The Kier molecular flexibility index (Phi) is 6.82. The maximum absolute atomic E-state index is 12.1. The monoisotopic (exact) mass is 423 g/mol. The molecule has 0 N–H and O–H groups in total. The van der Waals surface area contributed by atoms with Crippen molar-refractivity contribution in [3.8, 4) is 23.8 Å². The van der Waals surface area contributed by atoms with Crippen molar-refractivity contribution in [1.29, 1.82) is 0 Å². The Morgan fingerprint density at radius 2 is 2.00 bits per heavy atom. The Labute approximate surface area is 164 Å². The first-order valence-corrected chi connectivity index (χ1v) is 9.48. The first-order valence-electron chi connectivity index (χ1n) is 8.69. The largest absolute Gasteiger partial charge is 0.493 e. The van der Waals surface area contributed by atoms with E-state index >= 15 is 0 Å². The zero-order valence-corrected chi connectivity index (χ0v) is 17.4. The first-order chi connectivity index (χ1) is 12.2. The summed E-state index contributed by atoms with van der Waals surface area (Å²) in [6.07, 6.45) is 7.00. The topological polar surface area (TPSA) is 48.0 Å². The highest BCUT2D eigenvalue weighted by molar-refractivity contribution is 9.10. The summed E-state index contributed by atoms with van der Waals surface area (Å²) < 4.78 is 17.5. The number of likely N-dealkylation sites (tertiary alicyclic amines) is 1. The van der Waals surface area contributed by atoms with E-state index in [1.807, 2.05) is 26.8 Å². The van der Waals surface area contributed by atoms with Gasteiger partial charge in [0.25, 0.3) is 0 Å². The number of terminal acetylenes is 1. The molecule has 0 atom stereocenters. The van der Waals surface area contributed by atoms with Crippen LogP contribution >= 0.6 is 15.9 Å². The van der Waals surface area contributed by atoms with Gasteiger partial charge in [-0.2, -0.15) is 0 Å². The zero-order valence-electron chi connectivity index (χ0n) is 15.8. The quantitative estimate of drug-likeness (QED) is 0.670. The van der Waals surface area contributed by atoms with Gasteiger partial charge in [0, 0.05) is 18.7 Å². The Hall–Kier alpha value is -1.87. The van der Waals surface area contributed by atoms with Crippen molar-refractivity contribution in [3.63, 3.8) is 0 Å². The standard InChI is InChI=1S/C20H26BrNO4/c1-6-15-7-8-16(24-5)18(17(15)21)25-13-14-9-11-22(12-10-14)19(23)26-20(2,3)4/h1,7-8,14H,9-13H2,2-5H3. The van der Waals surface area contributed by atoms with Crippen LogP contribution in [0.3, 0.4) is 0 Å². The van der Waals surface area contributed by atoms with E-state index in [0.717, 1.165) is 22.9 Å². The molecular formula is C20H26BrNO4. The van der Waals surface area contributed by atoms with Crippen molar-refractivity contribution in [2.24, 2.45) is 5.92 Å². The van der Waals surface area contributed by atoms with Crippen LogP contribution in [0.2, 0.25) is 0 Å². The smallest absolute Gasteiger partial charge is 0.410 e. The lowest BCUT2D eigenvalue weighted by atomic mass is 9.98. The number of carbonyl (C=O) groups is 1. The third kappa shape index (κ3) is 5.31. The zero-order chi connectivity index (χ0) is 19.3. The van der Waals surface area contributed by atoms with Crippen LogP contribution in [-0.2, 0) is 4.74 Å². The van der Waals surface area contributed by atoms with Crippen molar-refractivity contribution in [3.05, 3.63) is 22.2 Å². The highest BCUT2D eigenvalue weighted by Crippen LogP contribution is 2.38. The van der Waals surface area contributed by atoms with Crippen LogP contribution in [0.4, 0.5) is 4.79 Å². The molecule has 1 heterocycles. The lowest BCUT2D eigenvalue weighted by Gasteiger charge is -2.33. The van der Waals surface area contributed by atoms with E-state index in [0.29, 0.717) is 37.1 Å². The molecule has 0 bridgehead atoms. The average Bonchev–Trinajstić information content (AvgIpc) is 2.59. The molecule has 0 spiro atoms. The molecule has 1 aromatic rings. The van der Waals surface area contributed by atoms with E-state index in [9.17, 15) is 4.79 Å². The third-order valence-corrected chi connectivity index (χ3v) is 4.95. The van der Waals surface area contributed by atoms with Crippen LogP contribution in [0.15, 0.2) is 16.6 Å². The summed E-state index contributed by atoms with van der Waals surface area (Å²) in [7, 11) is 1.60. The van der Waals surface area contributed by atoms with Gasteiger partial charge in [0.2, 0.25) is 0 Å². The summed E-state index contributed by atoms with van der Waals surface area (Å²) in [5.41, 5.74) is 0.252. The van der Waals surface area contributed by atoms with Gasteiger partial charge in [0.15, 0.2) is 11.5 Å². The third-order valence-electron chi connectivity index (χ3n) is 4.17. The van der Waals surface area contributed by atoms with Gasteiger partial charge < -0.3 is 19.1 Å². The number of carbonyl (C=O) groups excluding carboxylic acids is 1. The lowest BCUT2D eigenvalue weighted by Crippen LogP contribution is -2.42. The average molecular weight is 424 g/mol. The van der Waals surface area contributed by atoms with Gasteiger partial charge in [0.05, 0.1) is 18.2 Å². The number of ether oxygens (including phenoxy) is 3. The van der Waals surface area contributed by atoms with E-state index < -0.39 is 5.60 Å². The number of amides is 1. The van der Waals surface area contributed by atoms with Gasteiger partial charge in [-0.15, -0.1) is 6.42 Å². The summed E-state index contributed by atoms with van der Waals surface area (Å²) in [5, 5.41) is 0. The van der Waals surface area contributed by atoms with Crippen molar-refractivity contribution >= 4 is 22.0 Å². The molecule has 1 saturated heterocycles. The normalized spacial score (nSPS) is 15.3. The Bertz CT molecular complexity index is 682. The van der Waals surface area contributed by atoms with Gasteiger partial charge in [-0.05, 0) is 67.6 Å². The number of methoxy groups -OCH3 is 1. The Morgan fingerprint density at radius 1 is 1.35 bits per heavy atom. The molecule has 26 heavy (non-hydrogen) atoms. The Balaban J connectivity index is 1.91. The van der Waals surface area contributed by atoms with Crippen molar-refractivity contribution in [2.45, 2.75) is 39.2 Å². The maximum atomic E-state index is 12.1. The van der Waals surface area contributed by atoms with Gasteiger partial charge in [0.1, 0.15) is 5.60 Å². The summed E-state index contributed by atoms with van der Waals surface area (Å²) in [4.78, 5) is 13.9. The highest BCUT2D eigenvalue weighted by atomic mass is 79.9. The van der Waals surface area contributed by atoms with Crippen LogP contribution in [0.1, 0.15) is 39.2 Å². The molecule has 1 amide bonds. The number of halogens is 1. The Morgan fingerprint density at radius 3 is 2.54 bits per heavy atom. The number of piperidine rings is 1. The molecule has 0 aromatic heterocycles. The minimum absolute atomic E-state index is 0.247. The molecule has 6 heteroatoms. The number of rotatable bonds is 4. The summed E-state index contributed by atoms with van der Waals surface area (Å²) in [6.45, 7) is 7.52. The van der Waals surface area contributed by atoms with Gasteiger partial charge >= 0.3 is 6.09 Å². The van der Waals surface area contributed by atoms with Gasteiger partial charge in [-0.3, -0.25) is 0 Å². The molecule has 2 rings (SSSR count). The molecule has 142 valence electrons. The van der Waals surface area contributed by atoms with Crippen molar-refractivity contribution < 1.29 is 19.0 Å². The number of benzene rings is 1. The number of hydrogen-bond acceptors (Lipinski definition) is 4. The van der Waals surface area contributed by atoms with Crippen LogP contribution in [-0.4, -0.2) is 43.4 Å². The van der Waals surface area contributed by atoms with E-state index in [2.05, 4.69) is 21.9 Å². The predicted molar refractivity (Wildman–Crippen MR) is 105 cm³/mol. The molecule has 1 aromatic carbocycles. The van der Waals surface area contributed by atoms with Gasteiger partial charge in [-0.1, -0.05) is 5.92 Å².